The van der Waals surface area contributed by atoms with Gasteiger partial charge in [0.15, 0.2) is 0 Å². The minimum absolute atomic E-state index is 0.0390. The first-order valence-electron chi connectivity index (χ1n) is 12.0. The maximum Gasteiger partial charge on any atom is 0.254 e. The van der Waals surface area contributed by atoms with Crippen LogP contribution in [-0.2, 0) is 22.6 Å². The van der Waals surface area contributed by atoms with Gasteiger partial charge in [-0.25, -0.2) is 0 Å². The zero-order valence-corrected chi connectivity index (χ0v) is 22.0. The number of carbonyl (C=O) groups is 2. The number of hydrogen-bond donors (Lipinski definition) is 0. The van der Waals surface area contributed by atoms with E-state index in [9.17, 15) is 9.59 Å². The third-order valence-electron chi connectivity index (χ3n) is 5.63. The molecule has 0 bridgehead atoms. The highest BCUT2D eigenvalue weighted by Gasteiger charge is 2.24. The molecule has 1 aromatic heterocycles. The molecule has 0 radical (unpaired) electrons. The van der Waals surface area contributed by atoms with Crippen LogP contribution in [0.15, 0.2) is 66.0 Å². The van der Waals surface area contributed by atoms with Gasteiger partial charge in [0.1, 0.15) is 18.0 Å². The minimum atomic E-state index is -0.257. The molecule has 0 aliphatic rings. The Morgan fingerprint density at radius 3 is 2.22 bits per heavy atom. The molecule has 1 heterocycles. The van der Waals surface area contributed by atoms with Crippen molar-refractivity contribution >= 4 is 23.2 Å². The van der Waals surface area contributed by atoms with E-state index in [1.807, 2.05) is 54.8 Å². The predicted octanol–water partition coefficient (Wildman–Crippen LogP) is 4.86. The molecule has 3 rings (SSSR count). The number of carbonyl (C=O) groups excluding carboxylic acids is 2. The monoisotopic (exact) mass is 510 g/mol. The lowest BCUT2D eigenvalue weighted by Gasteiger charge is -2.28. The second-order valence-electron chi connectivity index (χ2n) is 8.19. The molecule has 192 valence electrons. The second kappa shape index (κ2) is 14.3. The number of ether oxygens (including phenoxy) is 3. The third kappa shape index (κ3) is 8.10. The van der Waals surface area contributed by atoms with E-state index in [0.717, 1.165) is 10.4 Å². The number of amides is 2. The van der Waals surface area contributed by atoms with Crippen molar-refractivity contribution in [1.82, 2.24) is 9.80 Å². The summed E-state index contributed by atoms with van der Waals surface area (Å²) >= 11 is 1.61. The first-order valence-corrected chi connectivity index (χ1v) is 12.9. The summed E-state index contributed by atoms with van der Waals surface area (Å²) < 4.78 is 16.2. The molecule has 0 saturated heterocycles. The van der Waals surface area contributed by atoms with Gasteiger partial charge in [0.25, 0.3) is 5.91 Å². The van der Waals surface area contributed by atoms with Gasteiger partial charge in [-0.3, -0.25) is 9.59 Å². The Morgan fingerprint density at radius 2 is 1.61 bits per heavy atom. The van der Waals surface area contributed by atoms with Gasteiger partial charge >= 0.3 is 0 Å². The fourth-order valence-electron chi connectivity index (χ4n) is 3.76. The van der Waals surface area contributed by atoms with Gasteiger partial charge in [-0.05, 0) is 42.5 Å². The van der Waals surface area contributed by atoms with Crippen LogP contribution in [0.25, 0.3) is 0 Å². The quantitative estimate of drug-likeness (QED) is 0.290. The summed E-state index contributed by atoms with van der Waals surface area (Å²) in [6, 6.07) is 18.9. The first kappa shape index (κ1) is 27.2. The zero-order valence-electron chi connectivity index (χ0n) is 21.1. The molecule has 0 unspecified atom stereocenters. The van der Waals surface area contributed by atoms with Crippen molar-refractivity contribution in [2.45, 2.75) is 26.4 Å². The van der Waals surface area contributed by atoms with Gasteiger partial charge in [-0.15, -0.1) is 11.3 Å². The molecule has 8 heteroatoms. The lowest BCUT2D eigenvalue weighted by atomic mass is 10.1. The Bertz CT molecular complexity index is 1070. The van der Waals surface area contributed by atoms with Crippen molar-refractivity contribution in [3.05, 3.63) is 82.0 Å². The van der Waals surface area contributed by atoms with Crippen LogP contribution in [0.5, 0.6) is 11.5 Å². The topological polar surface area (TPSA) is 68.3 Å². The molecule has 2 amide bonds. The Hall–Kier alpha value is -3.36. The van der Waals surface area contributed by atoms with E-state index >= 15 is 0 Å². The number of methoxy groups -OCH3 is 2. The fourth-order valence-corrected chi connectivity index (χ4v) is 4.48. The number of rotatable bonds is 14. The first-order chi connectivity index (χ1) is 17.5. The number of thiophene rings is 1. The van der Waals surface area contributed by atoms with Crippen LogP contribution in [0.3, 0.4) is 0 Å². The van der Waals surface area contributed by atoms with Crippen molar-refractivity contribution < 1.29 is 23.8 Å². The molecule has 0 N–H and O–H groups in total. The Labute approximate surface area is 217 Å². The summed E-state index contributed by atoms with van der Waals surface area (Å²) in [5.41, 5.74) is 1.44. The molecule has 0 fully saturated rings. The number of nitrogens with zero attached hydrogens (tertiary/aromatic N) is 2. The third-order valence-corrected chi connectivity index (χ3v) is 6.49. The van der Waals surface area contributed by atoms with Crippen LogP contribution in [0.2, 0.25) is 0 Å². The van der Waals surface area contributed by atoms with Gasteiger partial charge in [-0.2, -0.15) is 0 Å². The van der Waals surface area contributed by atoms with E-state index < -0.39 is 0 Å². The molecule has 7 nitrogen and oxygen atoms in total. The molecule has 0 spiro atoms. The van der Waals surface area contributed by atoms with E-state index in [1.165, 1.54) is 0 Å². The van der Waals surface area contributed by atoms with Crippen molar-refractivity contribution in [3.63, 3.8) is 0 Å². The van der Waals surface area contributed by atoms with Crippen LogP contribution < -0.4 is 9.47 Å². The molecule has 2 aromatic carbocycles. The van der Waals surface area contributed by atoms with Gasteiger partial charge in [0.05, 0.1) is 20.8 Å². The summed E-state index contributed by atoms with van der Waals surface area (Å²) in [5, 5.41) is 2.00. The average molecular weight is 511 g/mol. The minimum Gasteiger partial charge on any atom is -0.497 e. The van der Waals surface area contributed by atoms with Gasteiger partial charge in [-0.1, -0.05) is 36.4 Å². The largest absolute Gasteiger partial charge is 0.497 e. The Morgan fingerprint density at radius 1 is 0.889 bits per heavy atom. The number of benzene rings is 2. The van der Waals surface area contributed by atoms with Crippen LogP contribution in [0, 0.1) is 0 Å². The van der Waals surface area contributed by atoms with Crippen LogP contribution >= 0.6 is 11.3 Å². The lowest BCUT2D eigenvalue weighted by molar-refractivity contribution is -0.133. The molecule has 36 heavy (non-hydrogen) atoms. The Kier molecular flexibility index (Phi) is 10.8. The molecule has 3 aromatic rings. The van der Waals surface area contributed by atoms with Crippen LogP contribution in [0.1, 0.15) is 34.1 Å². The van der Waals surface area contributed by atoms with Gasteiger partial charge < -0.3 is 24.0 Å². The molecular weight excluding hydrogens is 476 g/mol. The summed E-state index contributed by atoms with van der Waals surface area (Å²) in [7, 11) is 3.08. The van der Waals surface area contributed by atoms with Gasteiger partial charge in [0.2, 0.25) is 5.91 Å². The summed E-state index contributed by atoms with van der Waals surface area (Å²) in [6.45, 7) is 4.35. The maximum atomic E-state index is 13.6. The van der Waals surface area contributed by atoms with E-state index in [0.29, 0.717) is 56.3 Å². The van der Waals surface area contributed by atoms with Crippen LogP contribution in [0.4, 0.5) is 0 Å². The normalized spacial score (nSPS) is 10.6. The summed E-state index contributed by atoms with van der Waals surface area (Å²) in [5.74, 6) is 0.656. The molecule has 0 aliphatic carbocycles. The van der Waals surface area contributed by atoms with Crippen molar-refractivity contribution in [1.29, 1.82) is 0 Å². The number of hydrogen-bond acceptors (Lipinski definition) is 6. The maximum absolute atomic E-state index is 13.6. The highest BCUT2D eigenvalue weighted by Crippen LogP contribution is 2.24. The van der Waals surface area contributed by atoms with Crippen LogP contribution in [-0.4, -0.2) is 62.1 Å². The molecule has 0 aliphatic heterocycles. The summed E-state index contributed by atoms with van der Waals surface area (Å²) in [6.07, 6.45) is 0.623. The fraction of sp³-hybridized carbons (Fsp3) is 0.357. The molecule has 0 atom stereocenters. The lowest BCUT2D eigenvalue weighted by Crippen LogP contribution is -2.43. The average Bonchev–Trinajstić information content (AvgIpc) is 3.43. The smallest absolute Gasteiger partial charge is 0.254 e. The van der Waals surface area contributed by atoms with Crippen molar-refractivity contribution in [2.24, 2.45) is 0 Å². The van der Waals surface area contributed by atoms with Crippen molar-refractivity contribution in [3.8, 4) is 11.5 Å². The van der Waals surface area contributed by atoms with E-state index in [-0.39, 0.29) is 18.4 Å². The van der Waals surface area contributed by atoms with Crippen molar-refractivity contribution in [2.75, 3.05) is 40.5 Å². The highest BCUT2D eigenvalue weighted by molar-refractivity contribution is 7.09. The summed E-state index contributed by atoms with van der Waals surface area (Å²) in [4.78, 5) is 31.7. The SMILES string of the molecule is CCOCCCN(CC(=O)N(Cc1ccccc1)Cc1cccs1)C(=O)c1cc(OC)cc(OC)c1. The van der Waals surface area contributed by atoms with E-state index in [2.05, 4.69) is 0 Å². The standard InChI is InChI=1S/C28H34N2O5S/c1-4-35-14-9-13-29(28(32)23-16-24(33-2)18-25(17-23)34-3)21-27(31)30(20-26-12-8-15-36-26)19-22-10-6-5-7-11-22/h5-8,10-12,15-18H,4,9,13-14,19-21H2,1-3H3. The molecular formula is C28H34N2O5S. The second-order valence-corrected chi connectivity index (χ2v) is 9.23. The van der Waals surface area contributed by atoms with E-state index in [1.54, 1.807) is 53.6 Å². The van der Waals surface area contributed by atoms with E-state index in [4.69, 9.17) is 14.2 Å². The Balaban J connectivity index is 1.83. The van der Waals surface area contributed by atoms with Gasteiger partial charge in [0, 0.05) is 42.8 Å². The molecule has 0 saturated carbocycles. The predicted molar refractivity (Wildman–Crippen MR) is 142 cm³/mol. The zero-order chi connectivity index (χ0) is 25.8. The highest BCUT2D eigenvalue weighted by atomic mass is 32.1.